The summed E-state index contributed by atoms with van der Waals surface area (Å²) in [6.45, 7) is -0.0956. The topological polar surface area (TPSA) is 61.6 Å². The lowest BCUT2D eigenvalue weighted by Crippen LogP contribution is -2.17. The van der Waals surface area contributed by atoms with Gasteiger partial charge < -0.3 is 15.2 Å². The lowest BCUT2D eigenvalue weighted by molar-refractivity contribution is -0.274. The van der Waals surface area contributed by atoms with Gasteiger partial charge in [-0.15, -0.1) is 13.2 Å². The highest BCUT2D eigenvalue weighted by molar-refractivity contribution is 5.64. The molecular weight excluding hydrogens is 227 g/mol. The molecule has 0 heterocycles. The molecule has 1 aromatic rings. The summed E-state index contributed by atoms with van der Waals surface area (Å²) in [5.74, 6) is -0.338. The van der Waals surface area contributed by atoms with Crippen molar-refractivity contribution in [2.75, 3.05) is 0 Å². The van der Waals surface area contributed by atoms with Crippen molar-refractivity contribution in [3.63, 3.8) is 0 Å². The van der Waals surface area contributed by atoms with Crippen LogP contribution in [0.15, 0.2) is 24.3 Å². The Balaban J connectivity index is 2.57. The van der Waals surface area contributed by atoms with Crippen molar-refractivity contribution in [1.82, 2.24) is 0 Å². The van der Waals surface area contributed by atoms with Crippen LogP contribution in [-0.2, 0) is 11.3 Å². The first kappa shape index (κ1) is 12.2. The molecule has 4 nitrogen and oxygen atoms in total. The van der Waals surface area contributed by atoms with Crippen molar-refractivity contribution in [3.8, 4) is 5.75 Å². The van der Waals surface area contributed by atoms with Crippen LogP contribution in [0.2, 0.25) is 0 Å². The minimum absolute atomic E-state index is 0.0956. The van der Waals surface area contributed by atoms with Gasteiger partial charge >= 0.3 is 12.5 Å². The molecule has 1 aromatic carbocycles. The second-order valence-electron chi connectivity index (χ2n) is 2.80. The number of amides is 1. The molecule has 88 valence electrons. The fourth-order valence-corrected chi connectivity index (χ4v) is 0.942. The van der Waals surface area contributed by atoms with Gasteiger partial charge in [0.15, 0.2) is 0 Å². The highest BCUT2D eigenvalue weighted by Gasteiger charge is 2.30. The molecule has 1 amide bonds. The van der Waals surface area contributed by atoms with Gasteiger partial charge in [0, 0.05) is 0 Å². The summed E-state index contributed by atoms with van der Waals surface area (Å²) in [4.78, 5) is 10.3. The number of hydrogen-bond donors (Lipinski definition) is 1. The van der Waals surface area contributed by atoms with Crippen LogP contribution in [0, 0.1) is 0 Å². The van der Waals surface area contributed by atoms with Crippen molar-refractivity contribution in [1.29, 1.82) is 0 Å². The third-order valence-corrected chi connectivity index (χ3v) is 1.54. The highest BCUT2D eigenvalue weighted by Crippen LogP contribution is 2.22. The maximum atomic E-state index is 11.8. The molecule has 16 heavy (non-hydrogen) atoms. The lowest BCUT2D eigenvalue weighted by atomic mass is 10.2. The fraction of sp³-hybridized carbons (Fsp3) is 0.222. The van der Waals surface area contributed by atoms with Gasteiger partial charge in [0.2, 0.25) is 0 Å². The normalized spacial score (nSPS) is 10.9. The van der Waals surface area contributed by atoms with E-state index in [4.69, 9.17) is 5.73 Å². The minimum Gasteiger partial charge on any atom is -0.445 e. The highest BCUT2D eigenvalue weighted by atomic mass is 19.4. The summed E-state index contributed by atoms with van der Waals surface area (Å²) in [5.41, 5.74) is 5.23. The molecule has 1 rings (SSSR count). The van der Waals surface area contributed by atoms with Crippen LogP contribution in [0.25, 0.3) is 0 Å². The summed E-state index contributed by atoms with van der Waals surface area (Å²) in [5, 5.41) is 0. The lowest BCUT2D eigenvalue weighted by Gasteiger charge is -2.09. The Hall–Kier alpha value is -1.92. The molecule has 0 atom stereocenters. The van der Waals surface area contributed by atoms with Crippen LogP contribution in [0.3, 0.4) is 0 Å². The molecular formula is C9H8F3NO3. The van der Waals surface area contributed by atoms with Crippen molar-refractivity contribution < 1.29 is 27.4 Å². The molecule has 7 heteroatoms. The van der Waals surface area contributed by atoms with Crippen LogP contribution in [0.4, 0.5) is 18.0 Å². The van der Waals surface area contributed by atoms with Gasteiger partial charge in [0.05, 0.1) is 0 Å². The third kappa shape index (κ3) is 4.54. The molecule has 0 radical (unpaired) electrons. The average Bonchev–Trinajstić information content (AvgIpc) is 2.14. The summed E-state index contributed by atoms with van der Waals surface area (Å²) in [7, 11) is 0. The van der Waals surface area contributed by atoms with Crippen molar-refractivity contribution in [3.05, 3.63) is 29.8 Å². The molecule has 0 unspecified atom stereocenters. The van der Waals surface area contributed by atoms with Crippen molar-refractivity contribution >= 4 is 6.09 Å². The van der Waals surface area contributed by atoms with E-state index < -0.39 is 12.5 Å². The summed E-state index contributed by atoms with van der Waals surface area (Å²) in [6, 6.07) is 4.91. The molecule has 0 fully saturated rings. The molecule has 2 N–H and O–H groups in total. The maximum absolute atomic E-state index is 11.8. The van der Waals surface area contributed by atoms with Crippen LogP contribution in [0.5, 0.6) is 5.75 Å². The van der Waals surface area contributed by atoms with Crippen LogP contribution in [-0.4, -0.2) is 12.5 Å². The number of alkyl halides is 3. The number of primary amides is 1. The van der Waals surface area contributed by atoms with Gasteiger partial charge in [-0.3, -0.25) is 0 Å². The van der Waals surface area contributed by atoms with Crippen LogP contribution < -0.4 is 10.5 Å². The van der Waals surface area contributed by atoms with Gasteiger partial charge in [0.1, 0.15) is 12.4 Å². The van der Waals surface area contributed by atoms with E-state index in [1.165, 1.54) is 12.1 Å². The SMILES string of the molecule is NC(=O)OCc1ccc(OC(F)(F)F)cc1. The van der Waals surface area contributed by atoms with Gasteiger partial charge in [0.25, 0.3) is 0 Å². The Bertz CT molecular complexity index is 361. The summed E-state index contributed by atoms with van der Waals surface area (Å²) < 4.78 is 43.5. The van der Waals surface area contributed by atoms with Crippen molar-refractivity contribution in [2.45, 2.75) is 13.0 Å². The predicted octanol–water partition coefficient (Wildman–Crippen LogP) is 2.18. The second-order valence-corrected chi connectivity index (χ2v) is 2.80. The first-order valence-corrected chi connectivity index (χ1v) is 4.14. The Morgan fingerprint density at radius 2 is 1.81 bits per heavy atom. The zero-order chi connectivity index (χ0) is 12.2. The number of benzene rings is 1. The Morgan fingerprint density at radius 1 is 1.25 bits per heavy atom. The molecule has 0 aliphatic rings. The first-order chi connectivity index (χ1) is 7.37. The van der Waals surface area contributed by atoms with E-state index in [-0.39, 0.29) is 12.4 Å². The standard InChI is InChI=1S/C9H8F3NO3/c10-9(11,12)16-7-3-1-6(2-4-7)5-15-8(13)14/h1-4H,5H2,(H2,13,14). The van der Waals surface area contributed by atoms with Gasteiger partial charge in [-0.2, -0.15) is 0 Å². The molecule has 0 saturated heterocycles. The third-order valence-electron chi connectivity index (χ3n) is 1.54. The Kier molecular flexibility index (Phi) is 3.60. The Morgan fingerprint density at radius 3 is 2.25 bits per heavy atom. The number of nitrogens with two attached hydrogens (primary N) is 1. The number of hydrogen-bond acceptors (Lipinski definition) is 3. The number of rotatable bonds is 3. The van der Waals surface area contributed by atoms with E-state index >= 15 is 0 Å². The van der Waals surface area contributed by atoms with Gasteiger partial charge in [-0.1, -0.05) is 12.1 Å². The van der Waals surface area contributed by atoms with E-state index in [0.717, 1.165) is 12.1 Å². The molecule has 0 bridgehead atoms. The van der Waals surface area contributed by atoms with Gasteiger partial charge in [-0.05, 0) is 17.7 Å². The molecule has 0 saturated carbocycles. The van der Waals surface area contributed by atoms with E-state index in [1.807, 2.05) is 0 Å². The minimum atomic E-state index is -4.72. The quantitative estimate of drug-likeness (QED) is 0.873. The Labute approximate surface area is 88.8 Å². The zero-order valence-electron chi connectivity index (χ0n) is 7.95. The smallest absolute Gasteiger partial charge is 0.445 e. The van der Waals surface area contributed by atoms with E-state index in [2.05, 4.69) is 9.47 Å². The number of carbonyl (C=O) groups is 1. The van der Waals surface area contributed by atoms with E-state index in [1.54, 1.807) is 0 Å². The van der Waals surface area contributed by atoms with Crippen LogP contribution in [0.1, 0.15) is 5.56 Å². The van der Waals surface area contributed by atoms with Gasteiger partial charge in [-0.25, -0.2) is 4.79 Å². The largest absolute Gasteiger partial charge is 0.573 e. The molecule has 0 spiro atoms. The monoisotopic (exact) mass is 235 g/mol. The summed E-state index contributed by atoms with van der Waals surface area (Å²) in [6.07, 6.45) is -5.67. The first-order valence-electron chi connectivity index (χ1n) is 4.14. The second kappa shape index (κ2) is 4.73. The average molecular weight is 235 g/mol. The van der Waals surface area contributed by atoms with E-state index in [0.29, 0.717) is 5.56 Å². The van der Waals surface area contributed by atoms with Crippen LogP contribution >= 0.6 is 0 Å². The number of ether oxygens (including phenoxy) is 2. The van der Waals surface area contributed by atoms with Crippen molar-refractivity contribution in [2.24, 2.45) is 5.73 Å². The molecule has 0 aromatic heterocycles. The fourth-order valence-electron chi connectivity index (χ4n) is 0.942. The number of halogens is 3. The number of carbonyl (C=O) groups excluding carboxylic acids is 1. The zero-order valence-corrected chi connectivity index (χ0v) is 7.95. The predicted molar refractivity (Wildman–Crippen MR) is 47.5 cm³/mol. The molecule has 0 aliphatic heterocycles. The molecule has 0 aliphatic carbocycles. The maximum Gasteiger partial charge on any atom is 0.573 e. The van der Waals surface area contributed by atoms with E-state index in [9.17, 15) is 18.0 Å². The summed E-state index contributed by atoms with van der Waals surface area (Å²) >= 11 is 0.